The zero-order chi connectivity index (χ0) is 13.2. The van der Waals surface area contributed by atoms with Crippen LogP contribution < -0.4 is 5.32 Å². The molecular weight excluding hydrogens is 230 g/mol. The summed E-state index contributed by atoms with van der Waals surface area (Å²) in [4.78, 5) is 4.57. The van der Waals surface area contributed by atoms with Gasteiger partial charge in [0, 0.05) is 12.0 Å². The van der Waals surface area contributed by atoms with Crippen molar-refractivity contribution < 1.29 is 9.26 Å². The van der Waals surface area contributed by atoms with Crippen molar-refractivity contribution in [2.24, 2.45) is 0 Å². The van der Waals surface area contributed by atoms with E-state index >= 15 is 0 Å². The van der Waals surface area contributed by atoms with Crippen molar-refractivity contribution in [2.75, 3.05) is 19.7 Å². The highest BCUT2D eigenvalue weighted by atomic mass is 16.5. The molecule has 1 saturated heterocycles. The molecule has 1 N–H and O–H groups in total. The summed E-state index contributed by atoms with van der Waals surface area (Å²) in [6.45, 7) is 10.7. The number of nitrogens with one attached hydrogen (secondary N) is 1. The summed E-state index contributed by atoms with van der Waals surface area (Å²) >= 11 is 0. The summed E-state index contributed by atoms with van der Waals surface area (Å²) in [5.74, 6) is 1.38. The van der Waals surface area contributed by atoms with Crippen LogP contribution in [0.1, 0.15) is 52.3 Å². The number of ether oxygens (including phenoxy) is 1. The van der Waals surface area contributed by atoms with Crippen molar-refractivity contribution in [3.63, 3.8) is 0 Å². The Morgan fingerprint density at radius 3 is 2.67 bits per heavy atom. The van der Waals surface area contributed by atoms with Gasteiger partial charge in [0.2, 0.25) is 11.7 Å². The molecule has 5 nitrogen and oxygen atoms in total. The third-order valence-electron chi connectivity index (χ3n) is 3.69. The molecule has 0 unspecified atom stereocenters. The average molecular weight is 253 g/mol. The summed E-state index contributed by atoms with van der Waals surface area (Å²) in [5.41, 5.74) is -0.488. The molecule has 0 spiro atoms. The molecule has 1 aromatic rings. The zero-order valence-corrected chi connectivity index (χ0v) is 11.7. The fraction of sp³-hybridized carbons (Fsp3) is 0.846. The molecule has 102 valence electrons. The van der Waals surface area contributed by atoms with Crippen molar-refractivity contribution in [1.29, 1.82) is 0 Å². The third kappa shape index (κ3) is 2.57. The Bertz CT molecular complexity index is 395. The first-order valence-corrected chi connectivity index (χ1v) is 6.67. The largest absolute Gasteiger partial charge is 0.368 e. The van der Waals surface area contributed by atoms with E-state index in [1.165, 1.54) is 0 Å². The third-order valence-corrected chi connectivity index (χ3v) is 3.69. The number of hydrogen-bond donors (Lipinski definition) is 1. The molecule has 0 amide bonds. The molecule has 1 aromatic heterocycles. The summed E-state index contributed by atoms with van der Waals surface area (Å²) in [6, 6.07) is 0. The van der Waals surface area contributed by atoms with Gasteiger partial charge in [0.25, 0.3) is 0 Å². The highest BCUT2D eigenvalue weighted by Gasteiger charge is 2.36. The molecule has 1 fully saturated rings. The van der Waals surface area contributed by atoms with Gasteiger partial charge in [0.15, 0.2) is 0 Å². The molecule has 0 bridgehead atoms. The Balaban J connectivity index is 2.19. The summed E-state index contributed by atoms with van der Waals surface area (Å²) < 4.78 is 11.1. The monoisotopic (exact) mass is 253 g/mol. The number of nitrogens with zero attached hydrogens (tertiary/aromatic N) is 2. The van der Waals surface area contributed by atoms with Crippen molar-refractivity contribution in [3.8, 4) is 0 Å². The molecule has 2 rings (SSSR count). The number of piperidine rings is 1. The zero-order valence-electron chi connectivity index (χ0n) is 11.7. The van der Waals surface area contributed by atoms with Crippen LogP contribution in [0.25, 0.3) is 0 Å². The Labute approximate surface area is 108 Å². The van der Waals surface area contributed by atoms with Crippen molar-refractivity contribution in [3.05, 3.63) is 11.7 Å². The highest BCUT2D eigenvalue weighted by molar-refractivity contribution is 5.08. The van der Waals surface area contributed by atoms with Crippen molar-refractivity contribution >= 4 is 0 Å². The molecule has 0 atom stereocenters. The predicted octanol–water partition coefficient (Wildman–Crippen LogP) is 1.98. The molecule has 5 heteroatoms. The minimum atomic E-state index is -0.486. The molecule has 0 aliphatic carbocycles. The van der Waals surface area contributed by atoms with Crippen LogP contribution in [0.3, 0.4) is 0 Å². The molecular formula is C13H23N3O2. The second kappa shape index (κ2) is 4.97. The first kappa shape index (κ1) is 13.5. The van der Waals surface area contributed by atoms with Crippen LogP contribution in [0.2, 0.25) is 0 Å². The fourth-order valence-electron chi connectivity index (χ4n) is 2.33. The maximum Gasteiger partial charge on any atom is 0.232 e. The van der Waals surface area contributed by atoms with Gasteiger partial charge in [-0.25, -0.2) is 0 Å². The van der Waals surface area contributed by atoms with Gasteiger partial charge in [-0.15, -0.1) is 0 Å². The minimum absolute atomic E-state index is 0.00120. The van der Waals surface area contributed by atoms with E-state index in [0.717, 1.165) is 31.8 Å². The minimum Gasteiger partial charge on any atom is -0.368 e. The Morgan fingerprint density at radius 2 is 2.06 bits per heavy atom. The van der Waals surface area contributed by atoms with Crippen LogP contribution in [-0.2, 0) is 15.8 Å². The molecule has 1 aliphatic rings. The Morgan fingerprint density at radius 1 is 1.39 bits per heavy atom. The van der Waals surface area contributed by atoms with E-state index < -0.39 is 5.60 Å². The smallest absolute Gasteiger partial charge is 0.232 e. The summed E-state index contributed by atoms with van der Waals surface area (Å²) in [7, 11) is 0. The molecule has 0 aromatic carbocycles. The fourth-order valence-corrected chi connectivity index (χ4v) is 2.33. The van der Waals surface area contributed by atoms with Crippen LogP contribution in [0.4, 0.5) is 0 Å². The SMILES string of the molecule is CCOC(C)(C)c1noc(C2(C)CCNCC2)n1. The maximum absolute atomic E-state index is 5.65. The average Bonchev–Trinajstić information content (AvgIpc) is 2.80. The van der Waals surface area contributed by atoms with Gasteiger partial charge in [-0.3, -0.25) is 0 Å². The first-order valence-electron chi connectivity index (χ1n) is 6.67. The van der Waals surface area contributed by atoms with Gasteiger partial charge in [-0.1, -0.05) is 12.1 Å². The lowest BCUT2D eigenvalue weighted by Crippen LogP contribution is -2.38. The van der Waals surface area contributed by atoms with E-state index in [1.54, 1.807) is 0 Å². The van der Waals surface area contributed by atoms with Gasteiger partial charge in [-0.05, 0) is 46.7 Å². The second-order valence-corrected chi connectivity index (χ2v) is 5.68. The quantitative estimate of drug-likeness (QED) is 0.889. The lowest BCUT2D eigenvalue weighted by molar-refractivity contribution is -0.0221. The van der Waals surface area contributed by atoms with Crippen LogP contribution in [-0.4, -0.2) is 29.8 Å². The normalized spacial score (nSPS) is 20.0. The number of rotatable bonds is 4. The Kier molecular flexibility index (Phi) is 3.73. The highest BCUT2D eigenvalue weighted by Crippen LogP contribution is 2.33. The molecule has 1 aliphatic heterocycles. The number of aromatic nitrogens is 2. The second-order valence-electron chi connectivity index (χ2n) is 5.68. The molecule has 2 heterocycles. The van der Waals surface area contributed by atoms with Gasteiger partial charge in [0.05, 0.1) is 0 Å². The van der Waals surface area contributed by atoms with E-state index in [9.17, 15) is 0 Å². The summed E-state index contributed by atoms with van der Waals surface area (Å²) in [5, 5.41) is 7.45. The van der Waals surface area contributed by atoms with Gasteiger partial charge >= 0.3 is 0 Å². The molecule has 0 saturated carbocycles. The van der Waals surface area contributed by atoms with E-state index in [-0.39, 0.29) is 5.41 Å². The standard InChI is InChI=1S/C13H23N3O2/c1-5-17-12(2,3)10-15-11(18-16-10)13(4)6-8-14-9-7-13/h14H,5-9H2,1-4H3. The molecule has 0 radical (unpaired) electrons. The molecule has 18 heavy (non-hydrogen) atoms. The van der Waals surface area contributed by atoms with E-state index in [2.05, 4.69) is 22.4 Å². The van der Waals surface area contributed by atoms with Crippen molar-refractivity contribution in [2.45, 2.75) is 51.6 Å². The predicted molar refractivity (Wildman–Crippen MR) is 68.4 cm³/mol. The van der Waals surface area contributed by atoms with E-state index in [1.807, 2.05) is 20.8 Å². The van der Waals surface area contributed by atoms with Crippen LogP contribution in [0, 0.1) is 0 Å². The van der Waals surface area contributed by atoms with E-state index in [0.29, 0.717) is 12.4 Å². The Hall–Kier alpha value is -0.940. The van der Waals surface area contributed by atoms with Gasteiger partial charge in [-0.2, -0.15) is 4.98 Å². The lowest BCUT2D eigenvalue weighted by Gasteiger charge is -2.30. The lowest BCUT2D eigenvalue weighted by atomic mass is 9.81. The number of hydrogen-bond acceptors (Lipinski definition) is 5. The first-order chi connectivity index (χ1) is 8.48. The van der Waals surface area contributed by atoms with Crippen LogP contribution >= 0.6 is 0 Å². The van der Waals surface area contributed by atoms with Gasteiger partial charge in [0.1, 0.15) is 5.60 Å². The van der Waals surface area contributed by atoms with E-state index in [4.69, 9.17) is 9.26 Å². The van der Waals surface area contributed by atoms with Crippen molar-refractivity contribution in [1.82, 2.24) is 15.5 Å². The van der Waals surface area contributed by atoms with Crippen LogP contribution in [0.5, 0.6) is 0 Å². The summed E-state index contributed by atoms with van der Waals surface area (Å²) in [6.07, 6.45) is 2.06. The van der Waals surface area contributed by atoms with Gasteiger partial charge < -0.3 is 14.6 Å². The maximum atomic E-state index is 5.65. The topological polar surface area (TPSA) is 60.2 Å². The van der Waals surface area contributed by atoms with Crippen LogP contribution in [0.15, 0.2) is 4.52 Å².